The molecular weight excluding hydrogens is 193 g/mol. The van der Waals surface area contributed by atoms with Crippen LogP contribution >= 0.6 is 12.2 Å². The molecule has 68 valence electrons. The van der Waals surface area contributed by atoms with Crippen molar-refractivity contribution in [3.63, 3.8) is 0 Å². The fraction of sp³-hybridized carbons (Fsp3) is 0.600. The lowest BCUT2D eigenvalue weighted by Gasteiger charge is -2.19. The third-order valence-electron chi connectivity index (χ3n) is 1.39. The molecule has 3 nitrogen and oxygen atoms in total. The van der Waals surface area contributed by atoms with Crippen LogP contribution in [-0.4, -0.2) is 40.7 Å². The van der Waals surface area contributed by atoms with E-state index in [4.69, 9.17) is 0 Å². The van der Waals surface area contributed by atoms with Crippen molar-refractivity contribution in [1.82, 2.24) is 9.80 Å². The van der Waals surface area contributed by atoms with Gasteiger partial charge in [0.1, 0.15) is 0 Å². The van der Waals surface area contributed by atoms with E-state index >= 15 is 0 Å². The van der Waals surface area contributed by atoms with E-state index in [0.29, 0.717) is 0 Å². The van der Waals surface area contributed by atoms with E-state index in [9.17, 15) is 18.0 Å². The van der Waals surface area contributed by atoms with Crippen molar-refractivity contribution in [3.8, 4) is 0 Å². The van der Waals surface area contributed by atoms with E-state index in [2.05, 4.69) is 12.2 Å². The highest BCUT2D eigenvalue weighted by molar-refractivity contribution is 7.80. The number of alkyl halides is 3. The summed E-state index contributed by atoms with van der Waals surface area (Å²) in [5.74, 6) is -1.03. The molecule has 0 bridgehead atoms. The van der Waals surface area contributed by atoms with Crippen molar-refractivity contribution in [3.05, 3.63) is 0 Å². The molecule has 0 aromatic carbocycles. The summed E-state index contributed by atoms with van der Waals surface area (Å²) in [7, 11) is 1.34. The van der Waals surface area contributed by atoms with Crippen LogP contribution in [0.2, 0.25) is 0 Å². The summed E-state index contributed by atoms with van der Waals surface area (Å²) in [4.78, 5) is 11.5. The normalized spacial score (nSPS) is 19.3. The van der Waals surface area contributed by atoms with Gasteiger partial charge in [0.05, 0.1) is 6.54 Å². The average molecular weight is 198 g/mol. The van der Waals surface area contributed by atoms with Gasteiger partial charge in [0.2, 0.25) is 0 Å². The van der Waals surface area contributed by atoms with Gasteiger partial charge in [-0.25, -0.2) is 0 Å². The maximum absolute atomic E-state index is 12.0. The molecule has 1 aliphatic heterocycles. The molecule has 1 rings (SSSR count). The first-order valence-corrected chi connectivity index (χ1v) is 3.39. The van der Waals surface area contributed by atoms with E-state index in [0.717, 1.165) is 4.90 Å². The van der Waals surface area contributed by atoms with Crippen LogP contribution in [0.1, 0.15) is 0 Å². The average Bonchev–Trinajstić information content (AvgIpc) is 2.05. The van der Waals surface area contributed by atoms with Gasteiger partial charge in [0.25, 0.3) is 5.91 Å². The number of rotatable bonds is 0. The van der Waals surface area contributed by atoms with Gasteiger partial charge in [0.15, 0.2) is 5.11 Å². The van der Waals surface area contributed by atoms with E-state index in [1.54, 1.807) is 0 Å². The van der Waals surface area contributed by atoms with Gasteiger partial charge in [-0.15, -0.1) is 13.2 Å². The van der Waals surface area contributed by atoms with Gasteiger partial charge in [-0.2, -0.15) is 4.90 Å². The summed E-state index contributed by atoms with van der Waals surface area (Å²) in [6.07, 6.45) is -4.70. The Morgan fingerprint density at radius 3 is 2.17 bits per heavy atom. The minimum Gasteiger partial charge on any atom is -0.342 e. The number of carbonyl (C=O) groups excluding carboxylic acids is 1. The van der Waals surface area contributed by atoms with E-state index in [1.165, 1.54) is 7.05 Å². The molecule has 0 N–H and O–H groups in total. The first kappa shape index (κ1) is 9.24. The van der Waals surface area contributed by atoms with Gasteiger partial charge in [0, 0.05) is 7.05 Å². The number of thiocarbonyl (C=S) groups is 1. The van der Waals surface area contributed by atoms with Crippen LogP contribution in [0.5, 0.6) is 0 Å². The molecular formula is C5H5F3N2OS. The predicted octanol–water partition coefficient (Wildman–Crippen LogP) is 0.565. The van der Waals surface area contributed by atoms with Crippen LogP contribution in [0, 0.1) is 0 Å². The van der Waals surface area contributed by atoms with Crippen molar-refractivity contribution < 1.29 is 18.0 Å². The number of carbonyl (C=O) groups is 1. The topological polar surface area (TPSA) is 23.6 Å². The zero-order chi connectivity index (χ0) is 9.52. The molecule has 1 aliphatic rings. The summed E-state index contributed by atoms with van der Waals surface area (Å²) in [6, 6.07) is 0. The molecule has 0 aliphatic carbocycles. The minimum absolute atomic E-state index is 0.307. The number of likely N-dealkylation sites (N-methyl/N-ethyl adjacent to an activating group) is 1. The highest BCUT2D eigenvalue weighted by Crippen LogP contribution is 2.26. The van der Waals surface area contributed by atoms with Gasteiger partial charge in [-0.3, -0.25) is 4.79 Å². The lowest BCUT2D eigenvalue weighted by atomic mass is 10.6. The highest BCUT2D eigenvalue weighted by Gasteiger charge is 2.48. The van der Waals surface area contributed by atoms with Crippen LogP contribution in [0.3, 0.4) is 0 Å². The summed E-state index contributed by atoms with van der Waals surface area (Å²) >= 11 is 4.40. The summed E-state index contributed by atoms with van der Waals surface area (Å²) < 4.78 is 36.1. The molecule has 1 fully saturated rings. The summed E-state index contributed by atoms with van der Waals surface area (Å²) in [5.41, 5.74) is 0. The van der Waals surface area contributed by atoms with E-state index in [1.807, 2.05) is 0 Å². The Labute approximate surface area is 71.7 Å². The zero-order valence-electron chi connectivity index (χ0n) is 6.05. The molecule has 0 atom stereocenters. The monoisotopic (exact) mass is 198 g/mol. The second-order valence-electron chi connectivity index (χ2n) is 2.34. The van der Waals surface area contributed by atoms with Crippen molar-refractivity contribution in [2.75, 3.05) is 13.6 Å². The van der Waals surface area contributed by atoms with Crippen LogP contribution in [0.15, 0.2) is 0 Å². The standard InChI is InChI=1S/C5H5F3N2OS/c1-9-2-3(11)10(4(9)12)5(6,7)8/h2H2,1H3. The smallest absolute Gasteiger partial charge is 0.342 e. The van der Waals surface area contributed by atoms with Gasteiger partial charge >= 0.3 is 6.30 Å². The zero-order valence-corrected chi connectivity index (χ0v) is 6.87. The number of nitrogens with zero attached hydrogens (tertiary/aromatic N) is 2. The first-order valence-electron chi connectivity index (χ1n) is 2.99. The minimum atomic E-state index is -4.70. The number of hydrogen-bond acceptors (Lipinski definition) is 2. The Kier molecular flexibility index (Phi) is 1.99. The van der Waals surface area contributed by atoms with Crippen LogP contribution in [-0.2, 0) is 4.79 Å². The molecule has 1 amide bonds. The Bertz CT molecular complexity index is 239. The van der Waals surface area contributed by atoms with Crippen molar-refractivity contribution in [1.29, 1.82) is 0 Å². The molecule has 12 heavy (non-hydrogen) atoms. The Hall–Kier alpha value is -0.850. The fourth-order valence-corrected chi connectivity index (χ4v) is 1.14. The Morgan fingerprint density at radius 2 is 2.00 bits per heavy atom. The Morgan fingerprint density at radius 1 is 1.50 bits per heavy atom. The number of hydrogen-bond donors (Lipinski definition) is 0. The maximum atomic E-state index is 12.0. The first-order chi connectivity index (χ1) is 5.34. The molecule has 0 aromatic rings. The second-order valence-corrected chi connectivity index (χ2v) is 2.70. The predicted molar refractivity (Wildman–Crippen MR) is 38.1 cm³/mol. The molecule has 0 saturated carbocycles. The molecule has 0 aromatic heterocycles. The second kappa shape index (κ2) is 2.58. The quantitative estimate of drug-likeness (QED) is 0.420. The molecule has 0 spiro atoms. The largest absolute Gasteiger partial charge is 0.493 e. The van der Waals surface area contributed by atoms with Gasteiger partial charge < -0.3 is 4.90 Å². The summed E-state index contributed by atoms with van der Waals surface area (Å²) in [5, 5.41) is -0.493. The molecule has 1 saturated heterocycles. The lowest BCUT2D eigenvalue weighted by molar-refractivity contribution is -0.214. The highest BCUT2D eigenvalue weighted by atomic mass is 32.1. The third kappa shape index (κ3) is 1.36. The van der Waals surface area contributed by atoms with Gasteiger partial charge in [-0.1, -0.05) is 0 Å². The van der Waals surface area contributed by atoms with Crippen molar-refractivity contribution >= 4 is 23.2 Å². The lowest BCUT2D eigenvalue weighted by Crippen LogP contribution is -2.42. The maximum Gasteiger partial charge on any atom is 0.493 e. The molecule has 7 heteroatoms. The van der Waals surface area contributed by atoms with Crippen molar-refractivity contribution in [2.24, 2.45) is 0 Å². The molecule has 1 heterocycles. The molecule has 0 unspecified atom stereocenters. The van der Waals surface area contributed by atoms with E-state index in [-0.39, 0.29) is 11.4 Å². The van der Waals surface area contributed by atoms with Crippen LogP contribution in [0.4, 0.5) is 13.2 Å². The third-order valence-corrected chi connectivity index (χ3v) is 1.89. The Balaban J connectivity index is 2.92. The number of halogens is 3. The van der Waals surface area contributed by atoms with Crippen molar-refractivity contribution in [2.45, 2.75) is 6.30 Å². The number of amides is 1. The fourth-order valence-electron chi connectivity index (χ4n) is 0.868. The van der Waals surface area contributed by atoms with Crippen LogP contribution in [0.25, 0.3) is 0 Å². The molecule has 0 radical (unpaired) electrons. The SMILES string of the molecule is CN1CC(=O)N(C(F)(F)F)C1=S. The van der Waals surface area contributed by atoms with Crippen LogP contribution < -0.4 is 0 Å². The van der Waals surface area contributed by atoms with Gasteiger partial charge in [-0.05, 0) is 12.2 Å². The summed E-state index contributed by atoms with van der Waals surface area (Å²) in [6.45, 7) is -0.307. The van der Waals surface area contributed by atoms with E-state index < -0.39 is 17.3 Å².